The highest BCUT2D eigenvalue weighted by Crippen LogP contribution is 2.24. The highest BCUT2D eigenvalue weighted by Gasteiger charge is 2.14. The van der Waals surface area contributed by atoms with Crippen molar-refractivity contribution in [2.24, 2.45) is 0 Å². The maximum absolute atomic E-state index is 12.2. The van der Waals surface area contributed by atoms with Crippen LogP contribution < -0.4 is 15.8 Å². The molecule has 0 aromatic heterocycles. The molecule has 1 unspecified atom stereocenters. The molecule has 1 atom stereocenters. The number of hydrogen-bond donors (Lipinski definition) is 2. The minimum Gasteiger partial charge on any atom is -0.495 e. The van der Waals surface area contributed by atoms with E-state index in [0.717, 1.165) is 5.56 Å². The van der Waals surface area contributed by atoms with Crippen LogP contribution in [-0.4, -0.2) is 13.0 Å². The van der Waals surface area contributed by atoms with Crippen molar-refractivity contribution in [2.75, 3.05) is 12.8 Å². The Morgan fingerprint density at radius 2 is 2.00 bits per heavy atom. The van der Waals surface area contributed by atoms with Crippen molar-refractivity contribution in [1.82, 2.24) is 5.32 Å². The molecule has 0 aliphatic carbocycles. The fourth-order valence-electron chi connectivity index (χ4n) is 2.06. The van der Waals surface area contributed by atoms with E-state index in [4.69, 9.17) is 22.1 Å². The van der Waals surface area contributed by atoms with Gasteiger partial charge in [-0.05, 0) is 36.8 Å². The Morgan fingerprint density at radius 3 is 2.62 bits per heavy atom. The van der Waals surface area contributed by atoms with E-state index in [0.29, 0.717) is 22.0 Å². The SMILES string of the molecule is COc1ccc(C(=O)NC(C)c2ccccc2Cl)cc1N. The van der Waals surface area contributed by atoms with Gasteiger partial charge in [0.05, 0.1) is 18.8 Å². The largest absolute Gasteiger partial charge is 0.495 e. The number of hydrogen-bond acceptors (Lipinski definition) is 3. The van der Waals surface area contributed by atoms with Gasteiger partial charge in [0.1, 0.15) is 5.75 Å². The third-order valence-electron chi connectivity index (χ3n) is 3.21. The highest BCUT2D eigenvalue weighted by molar-refractivity contribution is 6.31. The predicted molar refractivity (Wildman–Crippen MR) is 84.7 cm³/mol. The molecule has 0 saturated carbocycles. The second kappa shape index (κ2) is 6.50. The van der Waals surface area contributed by atoms with Gasteiger partial charge in [-0.25, -0.2) is 0 Å². The first-order valence-corrected chi connectivity index (χ1v) is 6.89. The van der Waals surface area contributed by atoms with Gasteiger partial charge in [0.15, 0.2) is 0 Å². The van der Waals surface area contributed by atoms with Gasteiger partial charge in [-0.1, -0.05) is 29.8 Å². The van der Waals surface area contributed by atoms with Crippen LogP contribution in [-0.2, 0) is 0 Å². The first-order valence-electron chi connectivity index (χ1n) is 6.51. The van der Waals surface area contributed by atoms with Gasteiger partial charge in [-0.2, -0.15) is 0 Å². The van der Waals surface area contributed by atoms with Gasteiger partial charge in [0, 0.05) is 10.6 Å². The smallest absolute Gasteiger partial charge is 0.251 e. The lowest BCUT2D eigenvalue weighted by Crippen LogP contribution is -2.26. The Hall–Kier alpha value is -2.20. The van der Waals surface area contributed by atoms with Crippen LogP contribution in [0.15, 0.2) is 42.5 Å². The van der Waals surface area contributed by atoms with Crippen molar-refractivity contribution in [2.45, 2.75) is 13.0 Å². The molecular formula is C16H17ClN2O2. The molecule has 0 saturated heterocycles. The first-order chi connectivity index (χ1) is 10.0. The number of nitrogens with two attached hydrogens (primary N) is 1. The molecule has 21 heavy (non-hydrogen) atoms. The number of carbonyl (C=O) groups excluding carboxylic acids is 1. The Labute approximate surface area is 128 Å². The Bertz CT molecular complexity index is 658. The summed E-state index contributed by atoms with van der Waals surface area (Å²) in [6.07, 6.45) is 0. The molecule has 2 rings (SSSR count). The molecule has 0 aliphatic heterocycles. The summed E-state index contributed by atoms with van der Waals surface area (Å²) >= 11 is 6.13. The summed E-state index contributed by atoms with van der Waals surface area (Å²) in [6.45, 7) is 1.88. The third-order valence-corrected chi connectivity index (χ3v) is 3.56. The van der Waals surface area contributed by atoms with E-state index in [9.17, 15) is 4.79 Å². The fraction of sp³-hybridized carbons (Fsp3) is 0.188. The molecule has 4 nitrogen and oxygen atoms in total. The number of rotatable bonds is 4. The van der Waals surface area contributed by atoms with E-state index in [-0.39, 0.29) is 11.9 Å². The number of methoxy groups -OCH3 is 1. The molecular weight excluding hydrogens is 288 g/mol. The number of benzene rings is 2. The standard InChI is InChI=1S/C16H17ClN2O2/c1-10(12-5-3-4-6-13(12)17)19-16(20)11-7-8-15(21-2)14(18)9-11/h3-10H,18H2,1-2H3,(H,19,20). The molecule has 2 aromatic rings. The lowest BCUT2D eigenvalue weighted by atomic mass is 10.1. The van der Waals surface area contributed by atoms with Crippen LogP contribution in [0.5, 0.6) is 5.75 Å². The number of nitrogens with one attached hydrogen (secondary N) is 1. The van der Waals surface area contributed by atoms with Crippen LogP contribution in [0.4, 0.5) is 5.69 Å². The predicted octanol–water partition coefficient (Wildman–Crippen LogP) is 3.42. The molecule has 0 heterocycles. The molecule has 2 aromatic carbocycles. The van der Waals surface area contributed by atoms with Gasteiger partial charge < -0.3 is 15.8 Å². The summed E-state index contributed by atoms with van der Waals surface area (Å²) in [7, 11) is 1.53. The molecule has 5 heteroatoms. The zero-order valence-electron chi connectivity index (χ0n) is 11.9. The van der Waals surface area contributed by atoms with Crippen molar-refractivity contribution in [3.05, 3.63) is 58.6 Å². The molecule has 3 N–H and O–H groups in total. The summed E-state index contributed by atoms with van der Waals surface area (Å²) in [6, 6.07) is 12.1. The molecule has 110 valence electrons. The normalized spacial score (nSPS) is 11.8. The Kier molecular flexibility index (Phi) is 4.70. The minimum atomic E-state index is -0.211. The van der Waals surface area contributed by atoms with Crippen molar-refractivity contribution in [3.8, 4) is 5.75 Å². The summed E-state index contributed by atoms with van der Waals surface area (Å²) in [5.74, 6) is 0.336. The van der Waals surface area contributed by atoms with Gasteiger partial charge in [-0.15, -0.1) is 0 Å². The van der Waals surface area contributed by atoms with Crippen molar-refractivity contribution in [1.29, 1.82) is 0 Å². The number of amides is 1. The van der Waals surface area contributed by atoms with Crippen LogP contribution in [0.3, 0.4) is 0 Å². The average Bonchev–Trinajstić information content (AvgIpc) is 2.47. The second-order valence-corrected chi connectivity index (χ2v) is 5.08. The molecule has 0 aliphatic rings. The zero-order valence-corrected chi connectivity index (χ0v) is 12.6. The van der Waals surface area contributed by atoms with E-state index in [1.165, 1.54) is 7.11 Å². The molecule has 0 radical (unpaired) electrons. The molecule has 0 bridgehead atoms. The van der Waals surface area contributed by atoms with Crippen molar-refractivity contribution >= 4 is 23.2 Å². The maximum Gasteiger partial charge on any atom is 0.251 e. The summed E-state index contributed by atoms with van der Waals surface area (Å²) < 4.78 is 5.07. The van der Waals surface area contributed by atoms with Crippen LogP contribution in [0.25, 0.3) is 0 Å². The number of halogens is 1. The zero-order chi connectivity index (χ0) is 15.4. The van der Waals surface area contributed by atoms with Crippen LogP contribution in [0.1, 0.15) is 28.9 Å². The summed E-state index contributed by atoms with van der Waals surface area (Å²) in [5.41, 5.74) is 7.58. The first kappa shape index (κ1) is 15.2. The third kappa shape index (κ3) is 3.47. The number of ether oxygens (including phenoxy) is 1. The van der Waals surface area contributed by atoms with Gasteiger partial charge in [0.25, 0.3) is 5.91 Å². The second-order valence-electron chi connectivity index (χ2n) is 4.67. The van der Waals surface area contributed by atoms with Crippen molar-refractivity contribution < 1.29 is 9.53 Å². The topological polar surface area (TPSA) is 64.3 Å². The number of nitrogen functional groups attached to an aromatic ring is 1. The quantitative estimate of drug-likeness (QED) is 0.851. The lowest BCUT2D eigenvalue weighted by molar-refractivity contribution is 0.0940. The van der Waals surface area contributed by atoms with Crippen LogP contribution >= 0.6 is 11.6 Å². The number of anilines is 1. The van der Waals surface area contributed by atoms with Gasteiger partial charge >= 0.3 is 0 Å². The maximum atomic E-state index is 12.2. The van der Waals surface area contributed by atoms with E-state index >= 15 is 0 Å². The Balaban J connectivity index is 2.14. The summed E-state index contributed by atoms with van der Waals surface area (Å²) in [5, 5.41) is 3.52. The highest BCUT2D eigenvalue weighted by atomic mass is 35.5. The monoisotopic (exact) mass is 304 g/mol. The average molecular weight is 305 g/mol. The number of carbonyl (C=O) groups is 1. The summed E-state index contributed by atoms with van der Waals surface area (Å²) in [4.78, 5) is 12.2. The van der Waals surface area contributed by atoms with Crippen LogP contribution in [0, 0.1) is 0 Å². The van der Waals surface area contributed by atoms with E-state index in [1.807, 2.05) is 25.1 Å². The minimum absolute atomic E-state index is 0.200. The van der Waals surface area contributed by atoms with E-state index in [1.54, 1.807) is 24.3 Å². The lowest BCUT2D eigenvalue weighted by Gasteiger charge is -2.16. The molecule has 0 fully saturated rings. The van der Waals surface area contributed by atoms with Gasteiger partial charge in [0.2, 0.25) is 0 Å². The van der Waals surface area contributed by atoms with Crippen molar-refractivity contribution in [3.63, 3.8) is 0 Å². The van der Waals surface area contributed by atoms with Crippen LogP contribution in [0.2, 0.25) is 5.02 Å². The molecule has 0 spiro atoms. The fourth-order valence-corrected chi connectivity index (χ4v) is 2.36. The van der Waals surface area contributed by atoms with E-state index < -0.39 is 0 Å². The molecule has 1 amide bonds. The Morgan fingerprint density at radius 1 is 1.29 bits per heavy atom. The van der Waals surface area contributed by atoms with Gasteiger partial charge in [-0.3, -0.25) is 4.79 Å². The van der Waals surface area contributed by atoms with E-state index in [2.05, 4.69) is 5.32 Å².